The molecule has 15 heteroatoms. The first-order valence-electron chi connectivity index (χ1n) is 12.9. The SMILES string of the molecule is CC(=O)O[C@@H]1[C@@H](OC(C)=O)[C@@H]2CC(=O)c3nnn(c3-c3ccc(Cl)cc3)CCc3cn(nn3)C[C@@H](O2)[C@H]1OC(C)=O. The van der Waals surface area contributed by atoms with Crippen molar-refractivity contribution >= 4 is 35.3 Å². The molecule has 1 saturated heterocycles. The predicted octanol–water partition coefficient (Wildman–Crippen LogP) is 1.58. The van der Waals surface area contributed by atoms with Gasteiger partial charge in [-0.15, -0.1) is 10.2 Å². The standard InChI is InChI=1S/C26H27ClN6O8/c1-13(34)38-24-20-10-19(37)22-23(16-4-6-17(27)7-5-16)33(31-29-22)9-8-18-11-32(30-28-18)12-21(41-20)25(39-14(2)35)26(24)40-15(3)36/h4-7,11,20-21,24-26H,8-10,12H2,1-3H3/t20-,21+,24-,25+,26+/m0/s1. The van der Waals surface area contributed by atoms with Gasteiger partial charge in [-0.05, 0) is 12.1 Å². The summed E-state index contributed by atoms with van der Waals surface area (Å²) in [5.74, 6) is -2.55. The first-order chi connectivity index (χ1) is 19.6. The largest absolute Gasteiger partial charge is 0.456 e. The lowest BCUT2D eigenvalue weighted by molar-refractivity contribution is -0.248. The van der Waals surface area contributed by atoms with Crippen LogP contribution in [0.1, 0.15) is 43.4 Å². The number of rotatable bonds is 4. The molecular formula is C26H27ClN6O8. The average molecular weight is 587 g/mol. The minimum atomic E-state index is -1.28. The van der Waals surface area contributed by atoms with Crippen LogP contribution in [0.2, 0.25) is 5.02 Å². The van der Waals surface area contributed by atoms with Gasteiger partial charge in [0.05, 0.1) is 17.9 Å². The third-order valence-corrected chi connectivity index (χ3v) is 6.92. The highest BCUT2D eigenvalue weighted by Gasteiger charge is 2.52. The summed E-state index contributed by atoms with van der Waals surface area (Å²) >= 11 is 6.09. The first kappa shape index (κ1) is 28.4. The smallest absolute Gasteiger partial charge is 0.303 e. The maximum absolute atomic E-state index is 13.8. The van der Waals surface area contributed by atoms with E-state index in [2.05, 4.69) is 20.6 Å². The molecule has 2 aliphatic heterocycles. The maximum atomic E-state index is 13.8. The number of carbonyl (C=O) groups is 4. The van der Waals surface area contributed by atoms with Crippen LogP contribution in [0.25, 0.3) is 11.3 Å². The fraction of sp³-hybridized carbons (Fsp3) is 0.462. The van der Waals surface area contributed by atoms with E-state index >= 15 is 0 Å². The van der Waals surface area contributed by atoms with Crippen LogP contribution in [-0.4, -0.2) is 84.2 Å². The van der Waals surface area contributed by atoms with E-state index in [1.54, 1.807) is 35.1 Å². The van der Waals surface area contributed by atoms with Crippen LogP contribution in [0.15, 0.2) is 30.5 Å². The van der Waals surface area contributed by atoms with E-state index < -0.39 is 54.2 Å². The number of benzene rings is 1. The van der Waals surface area contributed by atoms with Gasteiger partial charge in [0, 0.05) is 56.9 Å². The van der Waals surface area contributed by atoms with Gasteiger partial charge >= 0.3 is 17.9 Å². The van der Waals surface area contributed by atoms with Crippen LogP contribution in [0.3, 0.4) is 0 Å². The molecule has 0 aliphatic carbocycles. The van der Waals surface area contributed by atoms with Gasteiger partial charge in [0.25, 0.3) is 0 Å². The number of Topliss-reactive ketones (excluding diaryl/α,β-unsaturated/α-hetero) is 1. The Labute approximate surface area is 238 Å². The number of hydrogen-bond acceptors (Lipinski definition) is 12. The molecule has 3 aromatic rings. The molecule has 5 atom stereocenters. The van der Waals surface area contributed by atoms with E-state index in [1.807, 2.05) is 0 Å². The number of aromatic nitrogens is 6. The molecule has 0 unspecified atom stereocenters. The number of fused-ring (bicyclic) bond motifs is 6. The minimum absolute atomic E-state index is 0.0391. The average Bonchev–Trinajstić information content (AvgIpc) is 3.53. The summed E-state index contributed by atoms with van der Waals surface area (Å²) < 4.78 is 26.0. The molecule has 2 aliphatic rings. The molecule has 41 heavy (non-hydrogen) atoms. The summed E-state index contributed by atoms with van der Waals surface area (Å²) in [6.07, 6.45) is -3.99. The molecule has 0 spiro atoms. The van der Waals surface area contributed by atoms with Crippen LogP contribution >= 0.6 is 11.6 Å². The quantitative estimate of drug-likeness (QED) is 0.320. The molecule has 14 nitrogen and oxygen atoms in total. The van der Waals surface area contributed by atoms with E-state index in [1.165, 1.54) is 25.5 Å². The fourth-order valence-corrected chi connectivity index (χ4v) is 5.20. The van der Waals surface area contributed by atoms with Crippen molar-refractivity contribution in [3.05, 3.63) is 46.9 Å². The second-order valence-electron chi connectivity index (χ2n) is 9.76. The molecule has 0 saturated carbocycles. The summed E-state index contributed by atoms with van der Waals surface area (Å²) in [5.41, 5.74) is 1.81. The van der Waals surface area contributed by atoms with E-state index in [9.17, 15) is 19.2 Å². The molecule has 6 bridgehead atoms. The Bertz CT molecular complexity index is 1470. The topological polar surface area (TPSA) is 167 Å². The van der Waals surface area contributed by atoms with E-state index in [0.717, 1.165) is 0 Å². The Morgan fingerprint density at radius 2 is 1.54 bits per heavy atom. The Morgan fingerprint density at radius 1 is 0.902 bits per heavy atom. The van der Waals surface area contributed by atoms with Crippen molar-refractivity contribution in [2.75, 3.05) is 0 Å². The molecule has 216 valence electrons. The zero-order valence-electron chi connectivity index (χ0n) is 22.4. The third-order valence-electron chi connectivity index (χ3n) is 6.67. The van der Waals surface area contributed by atoms with E-state index in [-0.39, 0.29) is 18.7 Å². The molecule has 1 fully saturated rings. The third kappa shape index (κ3) is 6.28. The molecule has 5 rings (SSSR count). The summed E-state index contributed by atoms with van der Waals surface area (Å²) in [6.45, 7) is 3.92. The molecule has 2 aromatic heterocycles. The summed E-state index contributed by atoms with van der Waals surface area (Å²) in [6, 6.07) is 6.89. The number of hydrogen-bond donors (Lipinski definition) is 0. The molecule has 1 aromatic carbocycles. The van der Waals surface area contributed by atoms with E-state index in [0.29, 0.717) is 34.9 Å². The maximum Gasteiger partial charge on any atom is 0.303 e. The van der Waals surface area contributed by atoms with Crippen LogP contribution in [0, 0.1) is 0 Å². The van der Waals surface area contributed by atoms with E-state index in [4.69, 9.17) is 30.5 Å². The molecule has 0 N–H and O–H groups in total. The predicted molar refractivity (Wildman–Crippen MR) is 138 cm³/mol. The van der Waals surface area contributed by atoms with Crippen LogP contribution in [-0.2, 0) is 52.8 Å². The normalized spacial score (nSPS) is 24.2. The van der Waals surface area contributed by atoms with Crippen molar-refractivity contribution in [2.45, 2.75) is 77.2 Å². The van der Waals surface area contributed by atoms with Crippen LogP contribution in [0.4, 0.5) is 0 Å². The first-order valence-corrected chi connectivity index (χ1v) is 13.3. The van der Waals surface area contributed by atoms with Crippen molar-refractivity contribution in [1.29, 1.82) is 0 Å². The van der Waals surface area contributed by atoms with Gasteiger partial charge in [0.2, 0.25) is 0 Å². The minimum Gasteiger partial charge on any atom is -0.456 e. The Kier molecular flexibility index (Phi) is 8.13. The Balaban J connectivity index is 1.62. The lowest BCUT2D eigenvalue weighted by Crippen LogP contribution is -2.62. The van der Waals surface area contributed by atoms with Gasteiger partial charge < -0.3 is 18.9 Å². The Hall–Kier alpha value is -4.17. The van der Waals surface area contributed by atoms with Gasteiger partial charge in [-0.1, -0.05) is 34.2 Å². The van der Waals surface area contributed by atoms with Crippen molar-refractivity contribution in [1.82, 2.24) is 30.0 Å². The highest BCUT2D eigenvalue weighted by atomic mass is 35.5. The monoisotopic (exact) mass is 586 g/mol. The van der Waals surface area contributed by atoms with Gasteiger partial charge in [-0.3, -0.25) is 19.2 Å². The number of halogens is 1. The molecule has 0 amide bonds. The fourth-order valence-electron chi connectivity index (χ4n) is 5.07. The lowest BCUT2D eigenvalue weighted by Gasteiger charge is -2.44. The van der Waals surface area contributed by atoms with Crippen molar-refractivity contribution in [3.8, 4) is 11.3 Å². The van der Waals surface area contributed by atoms with Crippen LogP contribution < -0.4 is 0 Å². The highest BCUT2D eigenvalue weighted by molar-refractivity contribution is 6.30. The second kappa shape index (κ2) is 11.7. The van der Waals surface area contributed by atoms with Gasteiger partial charge in [-0.25, -0.2) is 9.36 Å². The van der Waals surface area contributed by atoms with Crippen molar-refractivity contribution < 1.29 is 38.1 Å². The van der Waals surface area contributed by atoms with Crippen molar-refractivity contribution in [3.63, 3.8) is 0 Å². The van der Waals surface area contributed by atoms with Gasteiger partial charge in [0.1, 0.15) is 12.2 Å². The number of esters is 3. The number of ether oxygens (including phenoxy) is 4. The molecule has 4 heterocycles. The number of aryl methyl sites for hydroxylation is 2. The number of carbonyl (C=O) groups excluding carboxylic acids is 4. The highest BCUT2D eigenvalue weighted by Crippen LogP contribution is 2.33. The van der Waals surface area contributed by atoms with Crippen LogP contribution in [0.5, 0.6) is 0 Å². The summed E-state index contributed by atoms with van der Waals surface area (Å²) in [4.78, 5) is 50.2. The molecule has 0 radical (unpaired) electrons. The zero-order valence-corrected chi connectivity index (χ0v) is 23.2. The van der Waals surface area contributed by atoms with Gasteiger partial charge in [-0.2, -0.15) is 0 Å². The molecular weight excluding hydrogens is 560 g/mol. The summed E-state index contributed by atoms with van der Waals surface area (Å²) in [7, 11) is 0. The second-order valence-corrected chi connectivity index (χ2v) is 10.2. The summed E-state index contributed by atoms with van der Waals surface area (Å²) in [5, 5.41) is 17.3. The lowest BCUT2D eigenvalue weighted by atomic mass is 9.90. The number of nitrogens with zero attached hydrogens (tertiary/aromatic N) is 6. The zero-order chi connectivity index (χ0) is 29.3. The Morgan fingerprint density at radius 3 is 2.20 bits per heavy atom. The van der Waals surface area contributed by atoms with Crippen molar-refractivity contribution in [2.24, 2.45) is 0 Å². The number of ketones is 1. The van der Waals surface area contributed by atoms with Gasteiger partial charge in [0.15, 0.2) is 29.8 Å².